The third kappa shape index (κ3) is 1.69. The normalized spacial score (nSPS) is 9.54. The standard InChI is InChI=1S/C10H13O3/c1-7-5-6-8(11-2)10(13-4)9(7)12-3/h5H,1-4H3. The van der Waals surface area contributed by atoms with Crippen LogP contribution < -0.4 is 14.2 Å². The van der Waals surface area contributed by atoms with Gasteiger partial charge in [-0.25, -0.2) is 0 Å². The van der Waals surface area contributed by atoms with Gasteiger partial charge in [0.2, 0.25) is 5.75 Å². The first-order valence-electron chi connectivity index (χ1n) is 3.91. The zero-order valence-corrected chi connectivity index (χ0v) is 8.30. The van der Waals surface area contributed by atoms with Crippen LogP contribution in [0.3, 0.4) is 0 Å². The molecule has 1 rings (SSSR count). The van der Waals surface area contributed by atoms with Gasteiger partial charge in [-0.05, 0) is 18.6 Å². The maximum Gasteiger partial charge on any atom is 0.204 e. The maximum absolute atomic E-state index is 5.18. The van der Waals surface area contributed by atoms with Gasteiger partial charge in [0.25, 0.3) is 0 Å². The lowest BCUT2D eigenvalue weighted by molar-refractivity contribution is 0.322. The van der Waals surface area contributed by atoms with Crippen molar-refractivity contribution in [2.75, 3.05) is 21.3 Å². The Morgan fingerprint density at radius 1 is 1.00 bits per heavy atom. The topological polar surface area (TPSA) is 27.7 Å². The Labute approximate surface area is 78.2 Å². The molecule has 3 heteroatoms. The number of methoxy groups -OCH3 is 3. The summed E-state index contributed by atoms with van der Waals surface area (Å²) in [5.74, 6) is 1.84. The molecule has 3 nitrogen and oxygen atoms in total. The van der Waals surface area contributed by atoms with E-state index in [-0.39, 0.29) is 0 Å². The average molecular weight is 181 g/mol. The van der Waals surface area contributed by atoms with Crippen LogP contribution in [0.4, 0.5) is 0 Å². The molecule has 0 saturated heterocycles. The summed E-state index contributed by atoms with van der Waals surface area (Å²) in [6.45, 7) is 1.93. The zero-order valence-electron chi connectivity index (χ0n) is 8.30. The van der Waals surface area contributed by atoms with Crippen molar-refractivity contribution in [3.8, 4) is 17.2 Å². The Balaban J connectivity index is 3.27. The Hall–Kier alpha value is -1.38. The Bertz CT molecular complexity index is 294. The van der Waals surface area contributed by atoms with Crippen molar-refractivity contribution in [2.45, 2.75) is 6.92 Å². The van der Waals surface area contributed by atoms with Gasteiger partial charge in [-0.2, -0.15) is 0 Å². The summed E-state index contributed by atoms with van der Waals surface area (Å²) in [5.41, 5.74) is 0.972. The molecule has 0 unspecified atom stereocenters. The molecule has 0 atom stereocenters. The highest BCUT2D eigenvalue weighted by molar-refractivity contribution is 5.54. The van der Waals surface area contributed by atoms with Crippen LogP contribution in [-0.2, 0) is 0 Å². The fraction of sp³-hybridized carbons (Fsp3) is 0.400. The average Bonchev–Trinajstić information content (AvgIpc) is 2.17. The molecular weight excluding hydrogens is 168 g/mol. The smallest absolute Gasteiger partial charge is 0.204 e. The summed E-state index contributed by atoms with van der Waals surface area (Å²) < 4.78 is 15.4. The second-order valence-electron chi connectivity index (χ2n) is 2.57. The molecule has 0 amide bonds. The van der Waals surface area contributed by atoms with E-state index < -0.39 is 0 Å². The lowest BCUT2D eigenvalue weighted by Gasteiger charge is -2.12. The van der Waals surface area contributed by atoms with E-state index in [0.717, 1.165) is 5.56 Å². The number of hydrogen-bond donors (Lipinski definition) is 0. The van der Waals surface area contributed by atoms with Gasteiger partial charge in [0.15, 0.2) is 11.5 Å². The highest BCUT2D eigenvalue weighted by Crippen LogP contribution is 2.38. The number of ether oxygens (including phenoxy) is 3. The van der Waals surface area contributed by atoms with Crippen LogP contribution in [0, 0.1) is 13.0 Å². The number of hydrogen-bond acceptors (Lipinski definition) is 3. The number of rotatable bonds is 3. The summed E-state index contributed by atoms with van der Waals surface area (Å²) in [5, 5.41) is 0. The lowest BCUT2D eigenvalue weighted by atomic mass is 10.2. The van der Waals surface area contributed by atoms with Gasteiger partial charge in [-0.1, -0.05) is 0 Å². The molecule has 0 N–H and O–H groups in total. The van der Waals surface area contributed by atoms with Crippen molar-refractivity contribution in [1.82, 2.24) is 0 Å². The van der Waals surface area contributed by atoms with Gasteiger partial charge in [0, 0.05) is 6.07 Å². The minimum atomic E-state index is 0.560. The molecule has 0 bridgehead atoms. The number of aryl methyl sites for hydroxylation is 1. The predicted octanol–water partition coefficient (Wildman–Crippen LogP) is 1.82. The van der Waals surface area contributed by atoms with Gasteiger partial charge in [0.1, 0.15) is 0 Å². The number of benzene rings is 1. The minimum absolute atomic E-state index is 0.560. The Morgan fingerprint density at radius 2 is 1.62 bits per heavy atom. The third-order valence-corrected chi connectivity index (χ3v) is 1.80. The van der Waals surface area contributed by atoms with E-state index in [0.29, 0.717) is 17.2 Å². The molecule has 0 saturated carbocycles. The van der Waals surface area contributed by atoms with Crippen molar-refractivity contribution >= 4 is 0 Å². The molecule has 0 aromatic heterocycles. The first kappa shape index (κ1) is 9.71. The molecule has 1 aromatic rings. The summed E-state index contributed by atoms with van der Waals surface area (Å²) in [6.07, 6.45) is 0. The fourth-order valence-electron chi connectivity index (χ4n) is 1.18. The van der Waals surface area contributed by atoms with Crippen LogP contribution in [-0.4, -0.2) is 21.3 Å². The highest BCUT2D eigenvalue weighted by Gasteiger charge is 2.12. The molecule has 71 valence electrons. The monoisotopic (exact) mass is 181 g/mol. The summed E-state index contributed by atoms with van der Waals surface area (Å²) in [4.78, 5) is 0. The van der Waals surface area contributed by atoms with Gasteiger partial charge < -0.3 is 14.2 Å². The van der Waals surface area contributed by atoms with Crippen LogP contribution in [0.25, 0.3) is 0 Å². The zero-order chi connectivity index (χ0) is 9.84. The largest absolute Gasteiger partial charge is 0.492 e. The van der Waals surface area contributed by atoms with E-state index in [4.69, 9.17) is 14.2 Å². The second kappa shape index (κ2) is 4.03. The quantitative estimate of drug-likeness (QED) is 0.711. The van der Waals surface area contributed by atoms with Crippen molar-refractivity contribution in [3.63, 3.8) is 0 Å². The molecule has 0 aliphatic rings. The van der Waals surface area contributed by atoms with E-state index in [1.54, 1.807) is 27.4 Å². The van der Waals surface area contributed by atoms with E-state index in [1.807, 2.05) is 6.92 Å². The molecule has 0 aliphatic heterocycles. The third-order valence-electron chi connectivity index (χ3n) is 1.80. The Kier molecular flexibility index (Phi) is 3.01. The van der Waals surface area contributed by atoms with Gasteiger partial charge in [-0.15, -0.1) is 0 Å². The minimum Gasteiger partial charge on any atom is -0.492 e. The molecule has 1 radical (unpaired) electrons. The summed E-state index contributed by atoms with van der Waals surface area (Å²) >= 11 is 0. The maximum atomic E-state index is 5.18. The highest BCUT2D eigenvalue weighted by atomic mass is 16.5. The van der Waals surface area contributed by atoms with Gasteiger partial charge >= 0.3 is 0 Å². The van der Waals surface area contributed by atoms with Crippen LogP contribution in [0.15, 0.2) is 6.07 Å². The first-order valence-corrected chi connectivity index (χ1v) is 3.91. The van der Waals surface area contributed by atoms with Gasteiger partial charge in [-0.3, -0.25) is 0 Å². The predicted molar refractivity (Wildman–Crippen MR) is 49.7 cm³/mol. The van der Waals surface area contributed by atoms with Crippen molar-refractivity contribution in [1.29, 1.82) is 0 Å². The van der Waals surface area contributed by atoms with E-state index in [9.17, 15) is 0 Å². The van der Waals surface area contributed by atoms with Crippen LogP contribution >= 0.6 is 0 Å². The summed E-state index contributed by atoms with van der Waals surface area (Å²) in [7, 11) is 4.75. The first-order chi connectivity index (χ1) is 6.24. The second-order valence-corrected chi connectivity index (χ2v) is 2.57. The van der Waals surface area contributed by atoms with Crippen LogP contribution in [0.2, 0.25) is 0 Å². The molecule has 0 fully saturated rings. The fourth-order valence-corrected chi connectivity index (χ4v) is 1.18. The molecule has 1 aromatic carbocycles. The molecular formula is C10H13O3. The van der Waals surface area contributed by atoms with E-state index in [2.05, 4.69) is 6.07 Å². The van der Waals surface area contributed by atoms with E-state index >= 15 is 0 Å². The van der Waals surface area contributed by atoms with Crippen molar-refractivity contribution in [3.05, 3.63) is 17.7 Å². The summed E-state index contributed by atoms with van der Waals surface area (Å²) in [6, 6.07) is 4.76. The van der Waals surface area contributed by atoms with Crippen molar-refractivity contribution < 1.29 is 14.2 Å². The van der Waals surface area contributed by atoms with E-state index in [1.165, 1.54) is 0 Å². The van der Waals surface area contributed by atoms with Crippen LogP contribution in [0.5, 0.6) is 17.2 Å². The van der Waals surface area contributed by atoms with Gasteiger partial charge in [0.05, 0.1) is 21.3 Å². The molecule has 0 spiro atoms. The lowest BCUT2D eigenvalue weighted by Crippen LogP contribution is -1.96. The van der Waals surface area contributed by atoms with Crippen molar-refractivity contribution in [2.24, 2.45) is 0 Å². The Morgan fingerprint density at radius 3 is 2.08 bits per heavy atom. The van der Waals surface area contributed by atoms with Crippen LogP contribution in [0.1, 0.15) is 5.56 Å². The molecule has 0 aliphatic carbocycles. The molecule has 0 heterocycles. The SMILES string of the molecule is COc1[c]cc(C)c(OC)c1OC. The molecule has 13 heavy (non-hydrogen) atoms.